The van der Waals surface area contributed by atoms with Gasteiger partial charge in [0.1, 0.15) is 0 Å². The number of nitriles is 1. The van der Waals surface area contributed by atoms with Crippen LogP contribution < -0.4 is 0 Å². The Morgan fingerprint density at radius 3 is 2.45 bits per heavy atom. The third-order valence-electron chi connectivity index (χ3n) is 6.87. The van der Waals surface area contributed by atoms with Gasteiger partial charge in [0.05, 0.1) is 11.6 Å². The zero-order valence-electron chi connectivity index (χ0n) is 21.0. The summed E-state index contributed by atoms with van der Waals surface area (Å²) in [5.74, 6) is 0. The van der Waals surface area contributed by atoms with E-state index in [-0.39, 0.29) is 0 Å². The van der Waals surface area contributed by atoms with Gasteiger partial charge in [-0.15, -0.1) is 11.3 Å². The maximum atomic E-state index is 9.72. The van der Waals surface area contributed by atoms with Gasteiger partial charge in [0.15, 0.2) is 0 Å². The van der Waals surface area contributed by atoms with Crippen LogP contribution in [0.25, 0.3) is 54.8 Å². The van der Waals surface area contributed by atoms with Crippen LogP contribution >= 0.6 is 11.3 Å². The first-order valence-corrected chi connectivity index (χ1v) is 13.3. The molecule has 0 radical (unpaired) electrons. The van der Waals surface area contributed by atoms with Crippen molar-refractivity contribution in [2.45, 2.75) is 6.92 Å². The van der Waals surface area contributed by atoms with Crippen molar-refractivity contribution >= 4 is 43.8 Å². The van der Waals surface area contributed by atoms with Crippen molar-refractivity contribution in [3.63, 3.8) is 0 Å². The van der Waals surface area contributed by atoms with E-state index in [4.69, 9.17) is 0 Å². The highest BCUT2D eigenvalue weighted by Gasteiger charge is 2.18. The van der Waals surface area contributed by atoms with Crippen LogP contribution in [-0.4, -0.2) is 4.98 Å². The number of nitrogens with zero attached hydrogens (tertiary/aromatic N) is 2. The molecule has 2 nitrogen and oxygen atoms in total. The Balaban J connectivity index is 1.51. The van der Waals surface area contributed by atoms with E-state index in [0.717, 1.165) is 49.0 Å². The summed E-state index contributed by atoms with van der Waals surface area (Å²) in [6.07, 6.45) is 7.93. The number of rotatable bonds is 5. The van der Waals surface area contributed by atoms with Gasteiger partial charge in [-0.3, -0.25) is 4.98 Å². The molecule has 0 saturated heterocycles. The zero-order valence-corrected chi connectivity index (χ0v) is 21.8. The monoisotopic (exact) mass is 504 g/mol. The maximum Gasteiger partial charge on any atom is 0.0992 e. The zero-order chi connectivity index (χ0) is 26.1. The summed E-state index contributed by atoms with van der Waals surface area (Å²) in [5.41, 5.74) is 8.38. The SMILES string of the molecule is C=C(c1ccc(-c2cccnc2)cc1)c1sc2c(-c3cc(C#N)cc4ccccc34)cccc2c1/C=C\C. The third kappa shape index (κ3) is 4.12. The van der Waals surface area contributed by atoms with Crippen LogP contribution in [0.5, 0.6) is 0 Å². The molecule has 6 aromatic rings. The lowest BCUT2D eigenvalue weighted by atomic mass is 9.94. The Labute approximate surface area is 226 Å². The summed E-state index contributed by atoms with van der Waals surface area (Å²) < 4.78 is 1.20. The maximum absolute atomic E-state index is 9.72. The Morgan fingerprint density at radius 1 is 0.868 bits per heavy atom. The van der Waals surface area contributed by atoms with Crippen molar-refractivity contribution in [2.75, 3.05) is 0 Å². The molecule has 2 aromatic heterocycles. The average molecular weight is 505 g/mol. The molecule has 0 atom stereocenters. The van der Waals surface area contributed by atoms with Gasteiger partial charge < -0.3 is 0 Å². The molecular formula is C35H24N2S. The Bertz CT molecular complexity index is 1890. The lowest BCUT2D eigenvalue weighted by Crippen LogP contribution is -1.87. The van der Waals surface area contributed by atoms with Crippen LogP contribution in [0.15, 0.2) is 116 Å². The van der Waals surface area contributed by atoms with Gasteiger partial charge in [0.2, 0.25) is 0 Å². The highest BCUT2D eigenvalue weighted by atomic mass is 32.1. The molecule has 6 rings (SSSR count). The average Bonchev–Trinajstić information content (AvgIpc) is 3.35. The lowest BCUT2D eigenvalue weighted by molar-refractivity contribution is 1.33. The van der Waals surface area contributed by atoms with Crippen LogP contribution in [0.4, 0.5) is 0 Å². The number of allylic oxidation sites excluding steroid dienone is 1. The summed E-state index contributed by atoms with van der Waals surface area (Å²) in [4.78, 5) is 5.40. The van der Waals surface area contributed by atoms with Crippen molar-refractivity contribution < 1.29 is 0 Å². The predicted molar refractivity (Wildman–Crippen MR) is 162 cm³/mol. The molecule has 0 aliphatic rings. The molecule has 3 heteroatoms. The third-order valence-corrected chi connectivity index (χ3v) is 8.19. The smallest absolute Gasteiger partial charge is 0.0992 e. The summed E-state index contributed by atoms with van der Waals surface area (Å²) in [5, 5.41) is 13.1. The first kappa shape index (κ1) is 23.6. The van der Waals surface area contributed by atoms with Gasteiger partial charge in [0, 0.05) is 38.5 Å². The molecule has 0 bridgehead atoms. The normalized spacial score (nSPS) is 11.3. The van der Waals surface area contributed by atoms with Crippen LogP contribution in [0.2, 0.25) is 0 Å². The van der Waals surface area contributed by atoms with E-state index in [1.165, 1.54) is 15.6 Å². The van der Waals surface area contributed by atoms with E-state index < -0.39 is 0 Å². The van der Waals surface area contributed by atoms with Crippen LogP contribution in [0.1, 0.15) is 28.5 Å². The second kappa shape index (κ2) is 9.94. The quantitative estimate of drug-likeness (QED) is 0.234. The molecule has 0 aliphatic carbocycles. The molecule has 0 saturated carbocycles. The minimum absolute atomic E-state index is 0.666. The Hall–Kier alpha value is -4.78. The predicted octanol–water partition coefficient (Wildman–Crippen LogP) is 9.75. The van der Waals surface area contributed by atoms with Crippen molar-refractivity contribution in [3.05, 3.63) is 138 Å². The highest BCUT2D eigenvalue weighted by molar-refractivity contribution is 7.21. The lowest BCUT2D eigenvalue weighted by Gasteiger charge is -2.09. The largest absolute Gasteiger partial charge is 0.264 e. The Kier molecular flexibility index (Phi) is 6.17. The van der Waals surface area contributed by atoms with E-state index in [1.54, 1.807) is 17.5 Å². The van der Waals surface area contributed by atoms with E-state index in [1.807, 2.05) is 37.4 Å². The molecule has 0 spiro atoms. The van der Waals surface area contributed by atoms with Gasteiger partial charge in [0.25, 0.3) is 0 Å². The molecule has 38 heavy (non-hydrogen) atoms. The standard InChI is InChI=1S/C35H24N2S/c1-3-8-30-31-12-6-13-32(33-20-24(21-36)19-27-9-4-5-11-29(27)33)35(31)38-34(30)23(2)25-14-16-26(17-15-25)28-10-7-18-37-22-28/h3-20,22H,2H2,1H3/b8-3-. The number of thiophene rings is 1. The second-order valence-corrected chi connectivity index (χ2v) is 10.2. The molecule has 180 valence electrons. The molecule has 0 unspecified atom stereocenters. The minimum Gasteiger partial charge on any atom is -0.264 e. The molecular weight excluding hydrogens is 480 g/mol. The second-order valence-electron chi connectivity index (χ2n) is 9.18. The van der Waals surface area contributed by atoms with E-state index in [9.17, 15) is 5.26 Å². The van der Waals surface area contributed by atoms with Gasteiger partial charge in [-0.1, -0.05) is 91.5 Å². The highest BCUT2D eigenvalue weighted by Crippen LogP contribution is 2.44. The number of benzene rings is 4. The molecule has 2 heterocycles. The summed E-state index contributed by atoms with van der Waals surface area (Å²) in [6, 6.07) is 33.6. The first-order valence-electron chi connectivity index (χ1n) is 12.5. The van der Waals surface area contributed by atoms with Crippen LogP contribution in [-0.2, 0) is 0 Å². The van der Waals surface area contributed by atoms with Crippen molar-refractivity contribution in [1.29, 1.82) is 5.26 Å². The van der Waals surface area contributed by atoms with Crippen molar-refractivity contribution in [2.24, 2.45) is 0 Å². The first-order chi connectivity index (χ1) is 18.7. The fourth-order valence-corrected chi connectivity index (χ4v) is 6.34. The Morgan fingerprint density at radius 2 is 1.68 bits per heavy atom. The minimum atomic E-state index is 0.666. The molecule has 0 aliphatic heterocycles. The number of aromatic nitrogens is 1. The van der Waals surface area contributed by atoms with E-state index in [2.05, 4.69) is 96.5 Å². The summed E-state index contributed by atoms with van der Waals surface area (Å²) in [7, 11) is 0. The topological polar surface area (TPSA) is 36.7 Å². The van der Waals surface area contributed by atoms with E-state index >= 15 is 0 Å². The number of hydrogen-bond donors (Lipinski definition) is 0. The number of hydrogen-bond acceptors (Lipinski definition) is 3. The van der Waals surface area contributed by atoms with Gasteiger partial charge >= 0.3 is 0 Å². The van der Waals surface area contributed by atoms with Gasteiger partial charge in [-0.2, -0.15) is 5.26 Å². The molecule has 0 N–H and O–H groups in total. The van der Waals surface area contributed by atoms with Crippen molar-refractivity contribution in [1.82, 2.24) is 4.98 Å². The fraction of sp³-hybridized carbons (Fsp3) is 0.0286. The number of pyridine rings is 1. The molecule has 4 aromatic carbocycles. The fourth-order valence-electron chi connectivity index (χ4n) is 5.03. The van der Waals surface area contributed by atoms with Crippen LogP contribution in [0, 0.1) is 11.3 Å². The molecule has 0 amide bonds. The summed E-state index contributed by atoms with van der Waals surface area (Å²) in [6.45, 7) is 6.58. The number of fused-ring (bicyclic) bond motifs is 2. The molecule has 0 fully saturated rings. The van der Waals surface area contributed by atoms with E-state index in [0.29, 0.717) is 5.56 Å². The summed E-state index contributed by atoms with van der Waals surface area (Å²) >= 11 is 1.77. The van der Waals surface area contributed by atoms with Gasteiger partial charge in [-0.05, 0) is 63.7 Å². The van der Waals surface area contributed by atoms with Gasteiger partial charge in [-0.25, -0.2) is 0 Å². The van der Waals surface area contributed by atoms with Crippen molar-refractivity contribution in [3.8, 4) is 28.3 Å². The van der Waals surface area contributed by atoms with Crippen LogP contribution in [0.3, 0.4) is 0 Å².